The monoisotopic (exact) mass is 679 g/mol. The number of urea groups is 1. The van der Waals surface area contributed by atoms with Gasteiger partial charge in [0.05, 0.1) is 5.69 Å². The van der Waals surface area contributed by atoms with Crippen LogP contribution in [0.1, 0.15) is 53.1 Å². The largest absolute Gasteiger partial charge is 0.437 e. The molecule has 0 radical (unpaired) electrons. The third kappa shape index (κ3) is 8.93. The van der Waals surface area contributed by atoms with Crippen LogP contribution in [0, 0.1) is 5.82 Å². The standard InChI is InChI=1S/C35H37F4N7O3/c36-27-8-4-5-9-28(27)43-34(48)46-18-14-25(15-19-46)41-30-11-10-24(21-40-30)20-29(47)31-32(35(37,38)39)44-33(49-31)42-26-12-16-45(17-13-26)22-23-6-2-1-3-7-23/h1-11,21,25-26H,12-20,22H2,(H,40,41)(H,42,44)(H,43,48). The molecule has 0 atom stereocenters. The predicted molar refractivity (Wildman–Crippen MR) is 176 cm³/mol. The quantitative estimate of drug-likeness (QED) is 0.123. The Morgan fingerprint density at radius 1 is 0.837 bits per heavy atom. The Balaban J connectivity index is 0.991. The van der Waals surface area contributed by atoms with Gasteiger partial charge in [0.1, 0.15) is 11.6 Å². The van der Waals surface area contributed by atoms with Gasteiger partial charge in [0, 0.05) is 57.4 Å². The summed E-state index contributed by atoms with van der Waals surface area (Å²) in [4.78, 5) is 37.5. The summed E-state index contributed by atoms with van der Waals surface area (Å²) >= 11 is 0. The summed E-state index contributed by atoms with van der Waals surface area (Å²) in [5, 5.41) is 8.85. The number of hydrogen-bond acceptors (Lipinski definition) is 8. The van der Waals surface area contributed by atoms with Gasteiger partial charge in [-0.15, -0.1) is 0 Å². The lowest BCUT2D eigenvalue weighted by Gasteiger charge is -2.32. The fraction of sp³-hybridized carbons (Fsp3) is 0.371. The molecule has 2 fully saturated rings. The van der Waals surface area contributed by atoms with Gasteiger partial charge in [0.25, 0.3) is 6.01 Å². The minimum atomic E-state index is -4.87. The Morgan fingerprint density at radius 2 is 1.51 bits per heavy atom. The van der Waals surface area contributed by atoms with Crippen molar-refractivity contribution in [3.8, 4) is 0 Å². The second-order valence-electron chi connectivity index (χ2n) is 12.3. The fourth-order valence-electron chi connectivity index (χ4n) is 6.09. The fourth-order valence-corrected chi connectivity index (χ4v) is 6.09. The zero-order chi connectivity index (χ0) is 34.4. The number of carbonyl (C=O) groups is 2. The SMILES string of the molecule is O=C(Cc1ccc(NC2CCN(C(=O)Nc3ccccc3F)CC2)nc1)c1oc(NC2CCN(Cc3ccccc3)CC2)nc1C(F)(F)F. The first-order valence-electron chi connectivity index (χ1n) is 16.3. The average Bonchev–Trinajstić information content (AvgIpc) is 3.53. The van der Waals surface area contributed by atoms with Gasteiger partial charge in [-0.2, -0.15) is 18.2 Å². The predicted octanol–water partition coefficient (Wildman–Crippen LogP) is 6.84. The van der Waals surface area contributed by atoms with Gasteiger partial charge >= 0.3 is 12.2 Å². The lowest BCUT2D eigenvalue weighted by Crippen LogP contribution is -2.44. The third-order valence-electron chi connectivity index (χ3n) is 8.75. The van der Waals surface area contributed by atoms with Crippen LogP contribution in [-0.4, -0.2) is 69.8 Å². The lowest BCUT2D eigenvalue weighted by molar-refractivity contribution is -0.141. The Labute approximate surface area is 280 Å². The molecule has 3 N–H and O–H groups in total. The molecule has 14 heteroatoms. The number of carbonyl (C=O) groups excluding carboxylic acids is 2. The van der Waals surface area contributed by atoms with Crippen LogP contribution >= 0.6 is 0 Å². The first-order chi connectivity index (χ1) is 23.6. The summed E-state index contributed by atoms with van der Waals surface area (Å²) in [5.41, 5.74) is 0.391. The van der Waals surface area contributed by atoms with Crippen LogP contribution < -0.4 is 16.0 Å². The van der Waals surface area contributed by atoms with Gasteiger partial charge in [-0.3, -0.25) is 9.69 Å². The molecule has 4 aromatic rings. The first-order valence-corrected chi connectivity index (χ1v) is 16.3. The highest BCUT2D eigenvalue weighted by molar-refractivity contribution is 5.96. The van der Waals surface area contributed by atoms with E-state index in [1.54, 1.807) is 29.2 Å². The number of hydrogen-bond donors (Lipinski definition) is 3. The highest BCUT2D eigenvalue weighted by Crippen LogP contribution is 2.34. The zero-order valence-electron chi connectivity index (χ0n) is 26.7. The van der Waals surface area contributed by atoms with Crippen molar-refractivity contribution in [3.05, 3.63) is 101 Å². The van der Waals surface area contributed by atoms with E-state index in [1.807, 2.05) is 18.2 Å². The van der Waals surface area contributed by atoms with Crippen LogP contribution in [-0.2, 0) is 19.1 Å². The molecule has 2 saturated heterocycles. The maximum Gasteiger partial charge on any atom is 0.437 e. The summed E-state index contributed by atoms with van der Waals surface area (Å²) in [7, 11) is 0. The molecular weight excluding hydrogens is 642 g/mol. The highest BCUT2D eigenvalue weighted by atomic mass is 19.4. The summed E-state index contributed by atoms with van der Waals surface area (Å²) < 4.78 is 60.9. The van der Waals surface area contributed by atoms with E-state index in [0.717, 1.165) is 19.6 Å². The molecule has 0 unspecified atom stereocenters. The number of alkyl halides is 3. The number of benzene rings is 2. The number of piperidine rings is 2. The molecule has 2 aliphatic heterocycles. The number of pyridine rings is 1. The number of nitrogens with zero attached hydrogens (tertiary/aromatic N) is 4. The van der Waals surface area contributed by atoms with Crippen molar-refractivity contribution in [2.24, 2.45) is 0 Å². The number of Topliss-reactive ketones (excluding diaryl/α,β-unsaturated/α-hetero) is 1. The van der Waals surface area contributed by atoms with Crippen LogP contribution in [0.4, 0.5) is 39.9 Å². The summed E-state index contributed by atoms with van der Waals surface area (Å²) in [5.74, 6) is -1.66. The number of aromatic nitrogens is 2. The van der Waals surface area contributed by atoms with E-state index in [2.05, 4.69) is 43.0 Å². The average molecular weight is 680 g/mol. The number of ketones is 1. The second kappa shape index (κ2) is 15.1. The highest BCUT2D eigenvalue weighted by Gasteiger charge is 2.41. The van der Waals surface area contributed by atoms with Gasteiger partial charge in [-0.1, -0.05) is 48.5 Å². The van der Waals surface area contributed by atoms with Gasteiger partial charge in [0.15, 0.2) is 5.69 Å². The van der Waals surface area contributed by atoms with Crippen molar-refractivity contribution < 1.29 is 31.6 Å². The van der Waals surface area contributed by atoms with Crippen molar-refractivity contribution in [1.82, 2.24) is 19.8 Å². The number of nitrogens with one attached hydrogen (secondary N) is 3. The van der Waals surface area contributed by atoms with Crippen molar-refractivity contribution >= 4 is 29.3 Å². The van der Waals surface area contributed by atoms with E-state index in [0.29, 0.717) is 50.2 Å². The van der Waals surface area contributed by atoms with E-state index in [9.17, 15) is 27.2 Å². The van der Waals surface area contributed by atoms with Crippen molar-refractivity contribution in [2.45, 2.75) is 56.9 Å². The number of oxazole rings is 1. The van der Waals surface area contributed by atoms with Crippen LogP contribution in [0.25, 0.3) is 0 Å². The Kier molecular flexibility index (Phi) is 10.4. The van der Waals surface area contributed by atoms with Crippen molar-refractivity contribution in [2.75, 3.05) is 42.1 Å². The number of para-hydroxylation sites is 1. The van der Waals surface area contributed by atoms with E-state index < -0.39 is 29.2 Å². The second-order valence-corrected chi connectivity index (χ2v) is 12.3. The van der Waals surface area contributed by atoms with Gasteiger partial charge in [0.2, 0.25) is 11.5 Å². The molecule has 258 valence electrons. The molecular formula is C35H37F4N7O3. The van der Waals surface area contributed by atoms with E-state index in [1.165, 1.54) is 23.9 Å². The molecule has 4 heterocycles. The summed E-state index contributed by atoms with van der Waals surface area (Å²) in [6.07, 6.45) is -1.15. The van der Waals surface area contributed by atoms with E-state index in [-0.39, 0.29) is 36.2 Å². The summed E-state index contributed by atoms with van der Waals surface area (Å²) in [6.45, 7) is 3.22. The smallest absolute Gasteiger partial charge is 0.420 e. The minimum absolute atomic E-state index is 0.0167. The van der Waals surface area contributed by atoms with Gasteiger partial charge < -0.3 is 25.3 Å². The molecule has 2 aromatic carbocycles. The van der Waals surface area contributed by atoms with Crippen molar-refractivity contribution in [3.63, 3.8) is 0 Å². The van der Waals surface area contributed by atoms with Crippen LogP contribution in [0.3, 0.4) is 0 Å². The molecule has 2 aromatic heterocycles. The van der Waals surface area contributed by atoms with Crippen LogP contribution in [0.15, 0.2) is 77.3 Å². The van der Waals surface area contributed by atoms with Gasteiger partial charge in [-0.25, -0.2) is 14.2 Å². The molecule has 0 bridgehead atoms. The topological polar surface area (TPSA) is 116 Å². The van der Waals surface area contributed by atoms with Crippen molar-refractivity contribution in [1.29, 1.82) is 0 Å². The Morgan fingerprint density at radius 3 is 2.18 bits per heavy atom. The maximum absolute atomic E-state index is 13.9. The molecule has 10 nitrogen and oxygen atoms in total. The number of amides is 2. The molecule has 0 aliphatic carbocycles. The number of halogens is 4. The molecule has 49 heavy (non-hydrogen) atoms. The number of rotatable bonds is 10. The Bertz CT molecular complexity index is 1720. The molecule has 0 saturated carbocycles. The molecule has 2 aliphatic rings. The number of likely N-dealkylation sites (tertiary alicyclic amines) is 2. The first kappa shape index (κ1) is 33.9. The summed E-state index contributed by atoms with van der Waals surface area (Å²) in [6, 6.07) is 18.5. The number of anilines is 3. The van der Waals surface area contributed by atoms with E-state index in [4.69, 9.17) is 4.42 Å². The molecule has 6 rings (SSSR count). The molecule has 0 spiro atoms. The maximum atomic E-state index is 13.9. The minimum Gasteiger partial charge on any atom is -0.420 e. The van der Waals surface area contributed by atoms with E-state index >= 15 is 0 Å². The van der Waals surface area contributed by atoms with Crippen LogP contribution in [0.5, 0.6) is 0 Å². The normalized spacial score (nSPS) is 16.4. The molecule has 2 amide bonds. The zero-order valence-corrected chi connectivity index (χ0v) is 26.7. The third-order valence-corrected chi connectivity index (χ3v) is 8.75. The van der Waals surface area contributed by atoms with Crippen LogP contribution in [0.2, 0.25) is 0 Å². The Hall–Kier alpha value is -4.98. The van der Waals surface area contributed by atoms with Gasteiger partial charge in [-0.05, 0) is 55.0 Å². The lowest BCUT2D eigenvalue weighted by atomic mass is 10.0.